The van der Waals surface area contributed by atoms with E-state index in [0.29, 0.717) is 35.5 Å². The Hall–Kier alpha value is -4.53. The predicted octanol–water partition coefficient (Wildman–Crippen LogP) is 3.04. The van der Waals surface area contributed by atoms with Crippen LogP contribution in [0.4, 0.5) is 23.2 Å². The fourth-order valence-electron chi connectivity index (χ4n) is 4.84. The summed E-state index contributed by atoms with van der Waals surface area (Å²) in [6, 6.07) is 6.05. The van der Waals surface area contributed by atoms with Crippen molar-refractivity contribution >= 4 is 16.7 Å². The van der Waals surface area contributed by atoms with Crippen LogP contribution in [0.3, 0.4) is 0 Å². The lowest BCUT2D eigenvalue weighted by atomic mass is 10.2. The van der Waals surface area contributed by atoms with E-state index in [1.807, 2.05) is 11.1 Å². The monoisotopic (exact) mass is 557 g/mol. The summed E-state index contributed by atoms with van der Waals surface area (Å²) in [4.78, 5) is 21.6. The number of hydrogen-bond donors (Lipinski definition) is 1. The maximum Gasteiger partial charge on any atom is 0.470 e. The van der Waals surface area contributed by atoms with Crippen molar-refractivity contribution in [3.63, 3.8) is 0 Å². The summed E-state index contributed by atoms with van der Waals surface area (Å²) in [5, 5.41) is 13.2. The SMILES string of the molecule is Cn1c(=O)n(Cc2ccc(-c3nnc(C(F)(F)F)o3)cn2)c2cc(F)c(N3CCN(Cc4cn[nH]c4)CC3)cc21. The van der Waals surface area contributed by atoms with Gasteiger partial charge < -0.3 is 9.32 Å². The molecular formula is C25H23F4N9O2. The third-order valence-corrected chi connectivity index (χ3v) is 6.95. The number of H-pyrrole nitrogens is 1. The van der Waals surface area contributed by atoms with Gasteiger partial charge in [0.15, 0.2) is 0 Å². The molecule has 0 aliphatic carbocycles. The van der Waals surface area contributed by atoms with E-state index in [4.69, 9.17) is 0 Å². The molecule has 0 radical (unpaired) electrons. The molecule has 5 aromatic rings. The molecule has 1 aliphatic rings. The van der Waals surface area contributed by atoms with Crippen molar-refractivity contribution in [2.75, 3.05) is 31.1 Å². The number of rotatable bonds is 6. The summed E-state index contributed by atoms with van der Waals surface area (Å²) >= 11 is 0. The average Bonchev–Trinajstić information content (AvgIpc) is 3.68. The third-order valence-electron chi connectivity index (χ3n) is 6.95. The number of imidazole rings is 1. The number of aryl methyl sites for hydroxylation is 1. The first-order valence-corrected chi connectivity index (χ1v) is 12.4. The second-order valence-corrected chi connectivity index (χ2v) is 9.54. The summed E-state index contributed by atoms with van der Waals surface area (Å²) < 4.78 is 61.2. The largest absolute Gasteiger partial charge is 0.470 e. The fraction of sp³-hybridized carbons (Fsp3) is 0.320. The zero-order valence-corrected chi connectivity index (χ0v) is 21.2. The van der Waals surface area contributed by atoms with Crippen LogP contribution >= 0.6 is 0 Å². The van der Waals surface area contributed by atoms with Gasteiger partial charge in [-0.3, -0.25) is 24.1 Å². The number of nitrogens with one attached hydrogen (secondary N) is 1. The zero-order chi connectivity index (χ0) is 28.0. The standard InChI is InChI=1S/C25H23F4N9O2/c1-35-20-9-19(37-6-4-36(5-7-37)13-15-10-31-32-11-15)18(26)8-21(20)38(24(35)39)14-17-3-2-16(12-30-17)22-33-34-23(40-22)25(27,28)29/h2-3,8-12H,4-7,13-14H2,1H3,(H,31,32). The van der Waals surface area contributed by atoms with Crippen molar-refractivity contribution in [1.29, 1.82) is 0 Å². The maximum absolute atomic E-state index is 15.4. The number of halogens is 4. The van der Waals surface area contributed by atoms with Crippen LogP contribution in [0.15, 0.2) is 52.1 Å². The van der Waals surface area contributed by atoms with Gasteiger partial charge in [-0.1, -0.05) is 0 Å². The summed E-state index contributed by atoms with van der Waals surface area (Å²) in [6.07, 6.45) is 0.175. The van der Waals surface area contributed by atoms with Crippen LogP contribution in [0.5, 0.6) is 0 Å². The minimum Gasteiger partial charge on any atom is -0.413 e. The number of aromatic nitrogens is 7. The molecule has 1 aromatic carbocycles. The van der Waals surface area contributed by atoms with E-state index in [0.717, 1.165) is 25.2 Å². The highest BCUT2D eigenvalue weighted by Crippen LogP contribution is 2.30. The zero-order valence-electron chi connectivity index (χ0n) is 21.2. The van der Waals surface area contributed by atoms with Crippen molar-refractivity contribution in [1.82, 2.24) is 39.4 Å². The Balaban J connectivity index is 1.21. The topological polar surface area (TPSA) is 114 Å². The van der Waals surface area contributed by atoms with Crippen LogP contribution in [0.2, 0.25) is 0 Å². The summed E-state index contributed by atoms with van der Waals surface area (Å²) in [5.74, 6) is -2.22. The number of piperazine rings is 1. The number of hydrogen-bond acceptors (Lipinski definition) is 8. The molecule has 1 saturated heterocycles. The van der Waals surface area contributed by atoms with Crippen molar-refractivity contribution < 1.29 is 22.0 Å². The van der Waals surface area contributed by atoms with E-state index in [1.165, 1.54) is 33.5 Å². The Kier molecular flexibility index (Phi) is 6.37. The van der Waals surface area contributed by atoms with Gasteiger partial charge in [0.1, 0.15) is 5.82 Å². The van der Waals surface area contributed by atoms with Gasteiger partial charge in [0, 0.05) is 63.8 Å². The molecule has 5 heterocycles. The van der Waals surface area contributed by atoms with Gasteiger partial charge in [0.25, 0.3) is 0 Å². The highest BCUT2D eigenvalue weighted by molar-refractivity contribution is 5.81. The molecule has 0 spiro atoms. The number of benzene rings is 1. The van der Waals surface area contributed by atoms with Crippen molar-refractivity contribution in [2.45, 2.75) is 19.3 Å². The highest BCUT2D eigenvalue weighted by Gasteiger charge is 2.38. The van der Waals surface area contributed by atoms with Crippen LogP contribution in [-0.2, 0) is 26.3 Å². The first-order chi connectivity index (χ1) is 19.2. The molecule has 0 saturated carbocycles. The molecular weight excluding hydrogens is 534 g/mol. The predicted molar refractivity (Wildman–Crippen MR) is 135 cm³/mol. The van der Waals surface area contributed by atoms with Crippen LogP contribution in [-0.4, -0.2) is 65.6 Å². The number of anilines is 1. The lowest BCUT2D eigenvalue weighted by molar-refractivity contribution is -0.156. The second kappa shape index (κ2) is 9.89. The maximum atomic E-state index is 15.4. The minimum absolute atomic E-state index is 0.0273. The van der Waals surface area contributed by atoms with Crippen LogP contribution in [0.25, 0.3) is 22.5 Å². The molecule has 0 bridgehead atoms. The molecule has 6 rings (SSSR count). The lowest BCUT2D eigenvalue weighted by Gasteiger charge is -2.36. The average molecular weight is 558 g/mol. The second-order valence-electron chi connectivity index (χ2n) is 9.54. The quantitative estimate of drug-likeness (QED) is 0.317. The molecule has 40 heavy (non-hydrogen) atoms. The van der Waals surface area contributed by atoms with Gasteiger partial charge in [-0.05, 0) is 18.2 Å². The van der Waals surface area contributed by atoms with Crippen molar-refractivity contribution in [3.05, 3.63) is 76.3 Å². The van der Waals surface area contributed by atoms with Gasteiger partial charge >= 0.3 is 17.8 Å². The van der Waals surface area contributed by atoms with Gasteiger partial charge in [0.05, 0.1) is 40.7 Å². The Morgan fingerprint density at radius 1 is 1.02 bits per heavy atom. The molecule has 0 atom stereocenters. The molecule has 0 unspecified atom stereocenters. The van der Waals surface area contributed by atoms with E-state index in [2.05, 4.69) is 34.7 Å². The van der Waals surface area contributed by atoms with E-state index in [-0.39, 0.29) is 23.7 Å². The Morgan fingerprint density at radius 3 is 2.48 bits per heavy atom. The fourth-order valence-corrected chi connectivity index (χ4v) is 4.84. The molecule has 1 aliphatic heterocycles. The summed E-state index contributed by atoms with van der Waals surface area (Å²) in [7, 11) is 1.62. The smallest absolute Gasteiger partial charge is 0.413 e. The Morgan fingerprint density at radius 2 is 1.82 bits per heavy atom. The Labute approximate surface area is 223 Å². The highest BCUT2D eigenvalue weighted by atomic mass is 19.4. The van der Waals surface area contributed by atoms with Crippen LogP contribution in [0.1, 0.15) is 17.1 Å². The van der Waals surface area contributed by atoms with Crippen LogP contribution in [0, 0.1) is 5.82 Å². The van der Waals surface area contributed by atoms with Gasteiger partial charge in [0.2, 0.25) is 5.89 Å². The van der Waals surface area contributed by atoms with E-state index in [9.17, 15) is 18.0 Å². The molecule has 11 nitrogen and oxygen atoms in total. The van der Waals surface area contributed by atoms with Crippen molar-refractivity contribution in [2.24, 2.45) is 7.05 Å². The number of fused-ring (bicyclic) bond motifs is 1. The summed E-state index contributed by atoms with van der Waals surface area (Å²) in [6.45, 7) is 3.57. The molecule has 15 heteroatoms. The first-order valence-electron chi connectivity index (χ1n) is 12.4. The van der Waals surface area contributed by atoms with Gasteiger partial charge in [-0.15, -0.1) is 10.2 Å². The number of pyridine rings is 1. The van der Waals surface area contributed by atoms with E-state index < -0.39 is 17.9 Å². The number of aromatic amines is 1. The minimum atomic E-state index is -4.75. The number of alkyl halides is 3. The molecule has 4 aromatic heterocycles. The van der Waals surface area contributed by atoms with E-state index >= 15 is 4.39 Å². The lowest BCUT2D eigenvalue weighted by Crippen LogP contribution is -2.46. The normalized spacial score (nSPS) is 14.9. The van der Waals surface area contributed by atoms with Crippen molar-refractivity contribution in [3.8, 4) is 11.5 Å². The molecule has 208 valence electrons. The summed E-state index contributed by atoms with van der Waals surface area (Å²) in [5.41, 5.74) is 2.78. The molecule has 0 amide bonds. The van der Waals surface area contributed by atoms with Gasteiger partial charge in [-0.25, -0.2) is 9.18 Å². The molecule has 1 N–H and O–H groups in total. The van der Waals surface area contributed by atoms with Gasteiger partial charge in [-0.2, -0.15) is 18.3 Å². The third kappa shape index (κ3) is 4.83. The molecule has 1 fully saturated rings. The Bertz CT molecular complexity index is 1700. The number of nitrogens with zero attached hydrogens (tertiary/aromatic N) is 8. The first kappa shape index (κ1) is 25.7. The van der Waals surface area contributed by atoms with Crippen LogP contribution < -0.4 is 10.6 Å². The van der Waals surface area contributed by atoms with E-state index in [1.54, 1.807) is 19.3 Å².